The number of hydrogen-bond acceptors (Lipinski definition) is 3. The predicted molar refractivity (Wildman–Crippen MR) is 79.4 cm³/mol. The molecule has 112 valence electrons. The fraction of sp³-hybridized carbons (Fsp3) is 0.571. The minimum Gasteiger partial charge on any atom is -0.381 e. The van der Waals surface area contributed by atoms with E-state index in [0.717, 1.165) is 32.5 Å². The summed E-state index contributed by atoms with van der Waals surface area (Å²) < 4.78 is 31.5. The summed E-state index contributed by atoms with van der Waals surface area (Å²) in [5, 5.41) is 0.536. The minimum absolute atomic E-state index is 0.288. The van der Waals surface area contributed by atoms with Crippen molar-refractivity contribution in [1.29, 1.82) is 0 Å². The summed E-state index contributed by atoms with van der Waals surface area (Å²) in [7, 11) is -1.78. The van der Waals surface area contributed by atoms with Crippen LogP contribution in [0.25, 0.3) is 0 Å². The highest BCUT2D eigenvalue weighted by Crippen LogP contribution is 2.21. The molecule has 0 N–H and O–H groups in total. The Morgan fingerprint density at radius 1 is 1.25 bits per heavy atom. The van der Waals surface area contributed by atoms with E-state index >= 15 is 0 Å². The maximum absolute atomic E-state index is 12.4. The first-order chi connectivity index (χ1) is 9.50. The van der Waals surface area contributed by atoms with E-state index in [4.69, 9.17) is 16.3 Å². The molecule has 1 saturated heterocycles. The monoisotopic (exact) mass is 317 g/mol. The molecule has 0 saturated carbocycles. The minimum atomic E-state index is -3.41. The molecule has 0 radical (unpaired) electrons. The van der Waals surface area contributed by atoms with Crippen molar-refractivity contribution in [2.75, 3.05) is 26.8 Å². The van der Waals surface area contributed by atoms with Crippen LogP contribution in [0.5, 0.6) is 0 Å². The molecule has 20 heavy (non-hydrogen) atoms. The molecule has 0 bridgehead atoms. The Bertz CT molecular complexity index is 524. The Kier molecular flexibility index (Phi) is 5.43. The van der Waals surface area contributed by atoms with Gasteiger partial charge in [0.1, 0.15) is 0 Å². The summed E-state index contributed by atoms with van der Waals surface area (Å²) in [4.78, 5) is 0.288. The van der Waals surface area contributed by atoms with Crippen molar-refractivity contribution in [2.24, 2.45) is 5.92 Å². The molecule has 4 nitrogen and oxygen atoms in total. The molecular weight excluding hydrogens is 298 g/mol. The van der Waals surface area contributed by atoms with Gasteiger partial charge in [0.2, 0.25) is 10.0 Å². The zero-order valence-corrected chi connectivity index (χ0v) is 13.2. The highest BCUT2D eigenvalue weighted by Gasteiger charge is 2.22. The first kappa shape index (κ1) is 15.8. The summed E-state index contributed by atoms with van der Waals surface area (Å²) in [6, 6.07) is 6.28. The van der Waals surface area contributed by atoms with Gasteiger partial charge in [-0.15, -0.1) is 0 Å². The first-order valence-electron chi connectivity index (χ1n) is 6.80. The third-order valence-corrected chi connectivity index (χ3v) is 5.84. The van der Waals surface area contributed by atoms with Gasteiger partial charge in [0, 0.05) is 31.8 Å². The van der Waals surface area contributed by atoms with Crippen molar-refractivity contribution >= 4 is 21.6 Å². The second-order valence-corrected chi connectivity index (χ2v) is 7.61. The van der Waals surface area contributed by atoms with Crippen molar-refractivity contribution in [3.8, 4) is 0 Å². The average molecular weight is 318 g/mol. The summed E-state index contributed by atoms with van der Waals surface area (Å²) in [5.74, 6) is 0.562. The van der Waals surface area contributed by atoms with Crippen LogP contribution in [0.15, 0.2) is 29.2 Å². The van der Waals surface area contributed by atoms with Crippen LogP contribution in [0.2, 0.25) is 5.02 Å². The van der Waals surface area contributed by atoms with E-state index in [-0.39, 0.29) is 4.90 Å². The Morgan fingerprint density at radius 2 is 1.85 bits per heavy atom. The molecule has 1 aromatic rings. The van der Waals surface area contributed by atoms with Crippen LogP contribution in [0.4, 0.5) is 0 Å². The van der Waals surface area contributed by atoms with Gasteiger partial charge in [0.25, 0.3) is 0 Å². The summed E-state index contributed by atoms with van der Waals surface area (Å²) in [6.07, 6.45) is 2.93. The van der Waals surface area contributed by atoms with Gasteiger partial charge in [-0.1, -0.05) is 11.6 Å². The van der Waals surface area contributed by atoms with Crippen LogP contribution >= 0.6 is 11.6 Å². The van der Waals surface area contributed by atoms with E-state index in [1.165, 1.54) is 4.31 Å². The maximum Gasteiger partial charge on any atom is 0.242 e. The molecule has 0 amide bonds. The summed E-state index contributed by atoms with van der Waals surface area (Å²) in [6.45, 7) is 2.12. The largest absolute Gasteiger partial charge is 0.381 e. The van der Waals surface area contributed by atoms with Crippen molar-refractivity contribution in [3.05, 3.63) is 29.3 Å². The molecule has 0 aliphatic carbocycles. The van der Waals surface area contributed by atoms with E-state index < -0.39 is 10.0 Å². The van der Waals surface area contributed by atoms with Gasteiger partial charge in [-0.2, -0.15) is 0 Å². The Hall–Kier alpha value is -0.620. The summed E-state index contributed by atoms with van der Waals surface area (Å²) >= 11 is 5.78. The lowest BCUT2D eigenvalue weighted by atomic mass is 9.97. The number of nitrogens with zero attached hydrogens (tertiary/aromatic N) is 1. The van der Waals surface area contributed by atoms with Gasteiger partial charge in [-0.05, 0) is 49.4 Å². The molecule has 0 unspecified atom stereocenters. The number of halogens is 1. The van der Waals surface area contributed by atoms with Gasteiger partial charge in [-0.25, -0.2) is 12.7 Å². The highest BCUT2D eigenvalue weighted by molar-refractivity contribution is 7.89. The van der Waals surface area contributed by atoms with E-state index in [2.05, 4.69) is 0 Å². The molecule has 2 rings (SSSR count). The zero-order chi connectivity index (χ0) is 14.6. The van der Waals surface area contributed by atoms with Gasteiger partial charge in [-0.3, -0.25) is 0 Å². The number of hydrogen-bond donors (Lipinski definition) is 0. The highest BCUT2D eigenvalue weighted by atomic mass is 35.5. The lowest BCUT2D eigenvalue weighted by Crippen LogP contribution is -2.30. The van der Waals surface area contributed by atoms with E-state index in [1.54, 1.807) is 31.3 Å². The lowest BCUT2D eigenvalue weighted by Gasteiger charge is -2.24. The van der Waals surface area contributed by atoms with E-state index in [1.807, 2.05) is 0 Å². The SMILES string of the molecule is CN(CCC1CCOCC1)S(=O)(=O)c1ccc(Cl)cc1. The second-order valence-electron chi connectivity index (χ2n) is 5.12. The molecule has 1 aliphatic heterocycles. The number of benzene rings is 1. The van der Waals surface area contributed by atoms with Gasteiger partial charge >= 0.3 is 0 Å². The van der Waals surface area contributed by atoms with Crippen LogP contribution in [0, 0.1) is 5.92 Å². The molecule has 0 spiro atoms. The lowest BCUT2D eigenvalue weighted by molar-refractivity contribution is 0.0628. The maximum atomic E-state index is 12.4. The molecule has 1 aliphatic rings. The second kappa shape index (κ2) is 6.89. The topological polar surface area (TPSA) is 46.6 Å². The van der Waals surface area contributed by atoms with Gasteiger partial charge < -0.3 is 4.74 Å². The number of sulfonamides is 1. The first-order valence-corrected chi connectivity index (χ1v) is 8.61. The normalized spacial score (nSPS) is 17.6. The quantitative estimate of drug-likeness (QED) is 0.839. The van der Waals surface area contributed by atoms with Crippen molar-refractivity contribution in [1.82, 2.24) is 4.31 Å². The molecular formula is C14H20ClNO3S. The van der Waals surface area contributed by atoms with Crippen LogP contribution in [-0.2, 0) is 14.8 Å². The zero-order valence-electron chi connectivity index (χ0n) is 11.6. The Balaban J connectivity index is 1.96. The van der Waals surface area contributed by atoms with Crippen molar-refractivity contribution < 1.29 is 13.2 Å². The Morgan fingerprint density at radius 3 is 2.45 bits per heavy atom. The van der Waals surface area contributed by atoms with Crippen LogP contribution in [-0.4, -0.2) is 39.5 Å². The predicted octanol–water partition coefficient (Wildman–Crippen LogP) is 2.78. The van der Waals surface area contributed by atoms with Gasteiger partial charge in [0.05, 0.1) is 4.90 Å². The van der Waals surface area contributed by atoms with Crippen molar-refractivity contribution in [2.45, 2.75) is 24.2 Å². The van der Waals surface area contributed by atoms with Crippen LogP contribution < -0.4 is 0 Å². The smallest absolute Gasteiger partial charge is 0.242 e. The van der Waals surface area contributed by atoms with Crippen molar-refractivity contribution in [3.63, 3.8) is 0 Å². The fourth-order valence-electron chi connectivity index (χ4n) is 2.31. The van der Waals surface area contributed by atoms with Crippen LogP contribution in [0.3, 0.4) is 0 Å². The van der Waals surface area contributed by atoms with E-state index in [0.29, 0.717) is 17.5 Å². The molecule has 1 aromatic carbocycles. The third kappa shape index (κ3) is 3.95. The molecule has 0 atom stereocenters. The molecule has 6 heteroatoms. The number of rotatable bonds is 5. The summed E-state index contributed by atoms with van der Waals surface area (Å²) in [5.41, 5.74) is 0. The molecule has 1 heterocycles. The standard InChI is InChI=1S/C14H20ClNO3S/c1-16(9-6-12-7-10-19-11-8-12)20(17,18)14-4-2-13(15)3-5-14/h2-5,12H,6-11H2,1H3. The van der Waals surface area contributed by atoms with E-state index in [9.17, 15) is 8.42 Å². The fourth-order valence-corrected chi connectivity index (χ4v) is 3.62. The average Bonchev–Trinajstić information content (AvgIpc) is 2.46. The molecule has 1 fully saturated rings. The van der Waals surface area contributed by atoms with Crippen LogP contribution in [0.1, 0.15) is 19.3 Å². The number of ether oxygens (including phenoxy) is 1. The molecule has 0 aromatic heterocycles. The Labute approximate surface area is 125 Å². The third-order valence-electron chi connectivity index (χ3n) is 3.71. The van der Waals surface area contributed by atoms with Gasteiger partial charge in [0.15, 0.2) is 0 Å².